The van der Waals surface area contributed by atoms with Gasteiger partial charge in [-0.3, -0.25) is 0 Å². The number of anilines is 3. The molecule has 246 valence electrons. The predicted octanol–water partition coefficient (Wildman–Crippen LogP) is 14.1. The Morgan fingerprint density at radius 2 is 1.02 bits per heavy atom. The monoisotopic (exact) mass is 673 g/mol. The number of benzene rings is 7. The van der Waals surface area contributed by atoms with Crippen LogP contribution in [0.25, 0.3) is 53.6 Å². The van der Waals surface area contributed by atoms with E-state index in [0.29, 0.717) is 0 Å². The molecule has 7 aromatic carbocycles. The highest BCUT2D eigenvalue weighted by molar-refractivity contribution is 7.25. The maximum atomic E-state index is 2.62. The Morgan fingerprint density at radius 1 is 0.471 bits per heavy atom. The van der Waals surface area contributed by atoms with E-state index in [9.17, 15) is 0 Å². The largest absolute Gasteiger partial charge is 0.310 e. The van der Waals surface area contributed by atoms with Gasteiger partial charge < -0.3 is 4.90 Å². The van der Waals surface area contributed by atoms with E-state index >= 15 is 0 Å². The van der Waals surface area contributed by atoms with Crippen LogP contribution in [-0.2, 0) is 10.8 Å². The van der Waals surface area contributed by atoms with Crippen LogP contribution >= 0.6 is 11.3 Å². The lowest BCUT2D eigenvalue weighted by Crippen LogP contribution is -2.26. The molecular formula is C49H39NS. The van der Waals surface area contributed by atoms with Crippen LogP contribution in [0.2, 0.25) is 0 Å². The smallest absolute Gasteiger partial charge is 0.0556 e. The first-order chi connectivity index (χ1) is 24.7. The summed E-state index contributed by atoms with van der Waals surface area (Å²) in [5, 5.41) is 2.64. The van der Waals surface area contributed by atoms with Gasteiger partial charge in [-0.25, -0.2) is 0 Å². The van der Waals surface area contributed by atoms with Gasteiger partial charge in [0.2, 0.25) is 0 Å². The molecule has 0 amide bonds. The van der Waals surface area contributed by atoms with Crippen molar-refractivity contribution in [2.45, 2.75) is 45.4 Å². The van der Waals surface area contributed by atoms with Crippen molar-refractivity contribution in [3.05, 3.63) is 173 Å². The molecule has 8 aromatic rings. The van der Waals surface area contributed by atoms with Crippen molar-refractivity contribution < 1.29 is 0 Å². The second kappa shape index (κ2) is 10.8. The Hall–Kier alpha value is -5.44. The molecule has 0 bridgehead atoms. The molecule has 0 spiro atoms. The molecule has 0 fully saturated rings. The Balaban J connectivity index is 1.36. The van der Waals surface area contributed by atoms with E-state index < -0.39 is 0 Å². The Morgan fingerprint density at radius 3 is 1.71 bits per heavy atom. The molecule has 1 heterocycles. The van der Waals surface area contributed by atoms with E-state index in [1.807, 2.05) is 11.3 Å². The van der Waals surface area contributed by atoms with E-state index in [0.717, 1.165) is 0 Å². The minimum absolute atomic E-state index is 0.219. The van der Waals surface area contributed by atoms with E-state index in [1.54, 1.807) is 0 Å². The molecule has 0 aliphatic heterocycles. The van der Waals surface area contributed by atoms with Gasteiger partial charge in [-0.15, -0.1) is 11.3 Å². The first kappa shape index (κ1) is 30.4. The number of hydrogen-bond donors (Lipinski definition) is 0. The van der Waals surface area contributed by atoms with Gasteiger partial charge in [0.25, 0.3) is 0 Å². The summed E-state index contributed by atoms with van der Waals surface area (Å²) in [5.74, 6) is 0. The molecule has 10 rings (SSSR count). The summed E-state index contributed by atoms with van der Waals surface area (Å²) < 4.78 is 2.64. The van der Waals surface area contributed by atoms with Crippen molar-refractivity contribution in [3.63, 3.8) is 0 Å². The fraction of sp³-hybridized carbons (Fsp3) is 0.143. The topological polar surface area (TPSA) is 3.24 Å². The first-order valence-electron chi connectivity index (χ1n) is 18.0. The van der Waals surface area contributed by atoms with Crippen LogP contribution in [0.15, 0.2) is 146 Å². The highest BCUT2D eigenvalue weighted by atomic mass is 32.1. The van der Waals surface area contributed by atoms with Crippen LogP contribution in [0.5, 0.6) is 0 Å². The maximum Gasteiger partial charge on any atom is 0.0556 e. The van der Waals surface area contributed by atoms with E-state index in [4.69, 9.17) is 0 Å². The lowest BCUT2D eigenvalue weighted by Gasteiger charge is -2.38. The average molecular weight is 674 g/mol. The summed E-state index contributed by atoms with van der Waals surface area (Å²) in [5.41, 5.74) is 18.2. The minimum atomic E-state index is -0.219. The third-order valence-electron chi connectivity index (χ3n) is 11.8. The van der Waals surface area contributed by atoms with Crippen LogP contribution in [0.4, 0.5) is 17.1 Å². The molecule has 2 aliphatic rings. The van der Waals surface area contributed by atoms with E-state index in [1.165, 1.54) is 98.4 Å². The van der Waals surface area contributed by atoms with Crippen LogP contribution in [0, 0.1) is 6.92 Å². The molecular weight excluding hydrogens is 635 g/mol. The summed E-state index contributed by atoms with van der Waals surface area (Å²) in [6.45, 7) is 12.1. The molecule has 2 heteroatoms. The van der Waals surface area contributed by atoms with Crippen molar-refractivity contribution in [1.29, 1.82) is 0 Å². The van der Waals surface area contributed by atoms with Crippen molar-refractivity contribution in [1.82, 2.24) is 0 Å². The molecule has 0 radical (unpaired) electrons. The summed E-state index contributed by atoms with van der Waals surface area (Å²) in [4.78, 5) is 2.62. The molecule has 51 heavy (non-hydrogen) atoms. The van der Waals surface area contributed by atoms with Gasteiger partial charge in [-0.05, 0) is 98.5 Å². The third kappa shape index (κ3) is 4.20. The van der Waals surface area contributed by atoms with Crippen LogP contribution in [0.1, 0.15) is 55.5 Å². The minimum Gasteiger partial charge on any atom is -0.310 e. The number of rotatable bonds is 4. The molecule has 0 atom stereocenters. The quantitative estimate of drug-likeness (QED) is 0.180. The molecule has 2 aliphatic carbocycles. The van der Waals surface area contributed by atoms with Gasteiger partial charge in [0.05, 0.1) is 5.69 Å². The van der Waals surface area contributed by atoms with Gasteiger partial charge >= 0.3 is 0 Å². The van der Waals surface area contributed by atoms with Crippen molar-refractivity contribution in [2.75, 3.05) is 4.90 Å². The molecule has 0 unspecified atom stereocenters. The number of thiophene rings is 1. The fourth-order valence-corrected chi connectivity index (χ4v) is 10.6. The summed E-state index contributed by atoms with van der Waals surface area (Å²) in [6, 6.07) is 54.2. The van der Waals surface area contributed by atoms with Gasteiger partial charge in [0.15, 0.2) is 0 Å². The SMILES string of the molecule is Cc1c2c(c(N(c3cccc(-c4ccccc4)c3)c3ccc4c(c3)sc3ccccc34)c3c1-c1ccccc1C3(C)C)C(C)(C)c1ccccc1-2. The van der Waals surface area contributed by atoms with Crippen LogP contribution in [0.3, 0.4) is 0 Å². The van der Waals surface area contributed by atoms with E-state index in [-0.39, 0.29) is 10.8 Å². The average Bonchev–Trinajstić information content (AvgIpc) is 3.73. The first-order valence-corrected chi connectivity index (χ1v) is 18.8. The van der Waals surface area contributed by atoms with Gasteiger partial charge in [0, 0.05) is 42.4 Å². The molecule has 0 saturated heterocycles. The van der Waals surface area contributed by atoms with Crippen molar-refractivity contribution in [3.8, 4) is 33.4 Å². The summed E-state index contributed by atoms with van der Waals surface area (Å²) >= 11 is 1.89. The Kier molecular flexibility index (Phi) is 6.42. The third-order valence-corrected chi connectivity index (χ3v) is 12.9. The van der Waals surface area contributed by atoms with Crippen molar-refractivity contribution >= 4 is 48.6 Å². The lowest BCUT2D eigenvalue weighted by molar-refractivity contribution is 0.640. The highest BCUT2D eigenvalue weighted by Crippen LogP contribution is 2.64. The molecule has 0 saturated carbocycles. The highest BCUT2D eigenvalue weighted by Gasteiger charge is 2.48. The summed E-state index contributed by atoms with van der Waals surface area (Å²) in [7, 11) is 0. The summed E-state index contributed by atoms with van der Waals surface area (Å²) in [6.07, 6.45) is 0. The second-order valence-electron chi connectivity index (χ2n) is 15.3. The molecule has 0 N–H and O–H groups in total. The number of fused-ring (bicyclic) bond motifs is 9. The zero-order valence-corrected chi connectivity index (χ0v) is 30.5. The van der Waals surface area contributed by atoms with Gasteiger partial charge in [-0.2, -0.15) is 0 Å². The number of hydrogen-bond acceptors (Lipinski definition) is 2. The zero-order valence-electron chi connectivity index (χ0n) is 29.7. The molecule has 1 aromatic heterocycles. The molecule has 1 nitrogen and oxygen atoms in total. The normalized spacial score (nSPS) is 14.7. The number of nitrogens with zero attached hydrogens (tertiary/aromatic N) is 1. The standard InChI is InChI=1S/C49H39NS/c1-30-43-37-21-9-12-23-39(37)48(2,3)45(43)47(46-44(30)38-22-10-13-24-40(38)49(46,4)5)50(33-19-15-18-32(28-33)31-16-7-6-8-17-31)34-26-27-36-35-20-11-14-25-41(35)51-42(36)29-34/h6-29H,1-5H3. The predicted molar refractivity (Wildman–Crippen MR) is 219 cm³/mol. The second-order valence-corrected chi connectivity index (χ2v) is 16.4. The van der Waals surface area contributed by atoms with Crippen LogP contribution < -0.4 is 4.90 Å². The van der Waals surface area contributed by atoms with Gasteiger partial charge in [-0.1, -0.05) is 143 Å². The zero-order chi connectivity index (χ0) is 34.6. The Labute approximate surface area is 304 Å². The van der Waals surface area contributed by atoms with Crippen LogP contribution in [-0.4, -0.2) is 0 Å². The van der Waals surface area contributed by atoms with Crippen molar-refractivity contribution in [2.24, 2.45) is 0 Å². The lowest BCUT2D eigenvalue weighted by atomic mass is 9.74. The Bertz CT molecular complexity index is 2620. The van der Waals surface area contributed by atoms with Gasteiger partial charge in [0.1, 0.15) is 0 Å². The maximum absolute atomic E-state index is 2.62. The van der Waals surface area contributed by atoms with E-state index in [2.05, 4.69) is 185 Å². The fourth-order valence-electron chi connectivity index (χ4n) is 9.45.